The van der Waals surface area contributed by atoms with Gasteiger partial charge in [-0.2, -0.15) is 0 Å². The zero-order valence-electron chi connectivity index (χ0n) is 12.3. The number of amides is 3. The number of carbonyl (C=O) groups is 3. The lowest BCUT2D eigenvalue weighted by Crippen LogP contribution is -2.40. The van der Waals surface area contributed by atoms with Crippen LogP contribution >= 0.6 is 23.4 Å². The summed E-state index contributed by atoms with van der Waals surface area (Å²) in [6.07, 6.45) is 3.54. The van der Waals surface area contributed by atoms with Gasteiger partial charge in [0.15, 0.2) is 0 Å². The van der Waals surface area contributed by atoms with Crippen LogP contribution in [0, 0.1) is 0 Å². The molecule has 2 saturated heterocycles. The van der Waals surface area contributed by atoms with E-state index in [2.05, 4.69) is 0 Å². The smallest absolute Gasteiger partial charge is 0.294 e. The molecule has 120 valence electrons. The van der Waals surface area contributed by atoms with Crippen molar-refractivity contribution in [2.45, 2.75) is 12.8 Å². The van der Waals surface area contributed by atoms with Crippen molar-refractivity contribution >= 4 is 46.5 Å². The van der Waals surface area contributed by atoms with E-state index < -0.39 is 11.1 Å². The Bertz CT molecular complexity index is 698. The predicted molar refractivity (Wildman–Crippen MR) is 89.9 cm³/mol. The molecule has 0 saturated carbocycles. The number of likely N-dealkylation sites (tertiary alicyclic amines) is 1. The van der Waals surface area contributed by atoms with Gasteiger partial charge in [-0.25, -0.2) is 0 Å². The zero-order valence-corrected chi connectivity index (χ0v) is 13.9. The van der Waals surface area contributed by atoms with Gasteiger partial charge < -0.3 is 4.90 Å². The minimum absolute atomic E-state index is 0.177. The van der Waals surface area contributed by atoms with E-state index in [0.717, 1.165) is 29.5 Å². The summed E-state index contributed by atoms with van der Waals surface area (Å²) >= 11 is 6.91. The highest BCUT2D eigenvalue weighted by Gasteiger charge is 2.37. The molecule has 0 N–H and O–H groups in total. The number of halogens is 1. The molecule has 2 fully saturated rings. The second kappa shape index (κ2) is 6.76. The Morgan fingerprint density at radius 1 is 1.22 bits per heavy atom. The van der Waals surface area contributed by atoms with E-state index in [4.69, 9.17) is 11.6 Å². The van der Waals surface area contributed by atoms with Crippen molar-refractivity contribution in [2.24, 2.45) is 0 Å². The van der Waals surface area contributed by atoms with Crippen LogP contribution in [0.2, 0.25) is 5.02 Å². The normalized spacial score (nSPS) is 20.0. The van der Waals surface area contributed by atoms with Gasteiger partial charge in [-0.05, 0) is 42.3 Å². The first-order valence-electron chi connectivity index (χ1n) is 7.34. The Hall–Kier alpha value is -1.79. The van der Waals surface area contributed by atoms with Crippen LogP contribution in [-0.4, -0.2) is 46.5 Å². The lowest BCUT2D eigenvalue weighted by Gasteiger charge is -2.18. The van der Waals surface area contributed by atoms with Gasteiger partial charge in [-0.3, -0.25) is 19.3 Å². The molecular formula is C16H15ClN2O3S. The molecule has 0 aliphatic carbocycles. The summed E-state index contributed by atoms with van der Waals surface area (Å²) in [5.74, 6) is -0.615. The Balaban J connectivity index is 1.75. The first kappa shape index (κ1) is 16.1. The maximum absolute atomic E-state index is 12.4. The van der Waals surface area contributed by atoms with Crippen LogP contribution in [0.3, 0.4) is 0 Å². The molecular weight excluding hydrogens is 336 g/mol. The molecule has 7 heteroatoms. The molecule has 0 unspecified atom stereocenters. The van der Waals surface area contributed by atoms with Crippen LogP contribution in [0.4, 0.5) is 4.79 Å². The molecule has 1 aromatic carbocycles. The molecule has 3 rings (SSSR count). The quantitative estimate of drug-likeness (QED) is 0.786. The third kappa shape index (κ3) is 3.43. The average Bonchev–Trinajstić information content (AvgIpc) is 3.14. The average molecular weight is 351 g/mol. The lowest BCUT2D eigenvalue weighted by molar-refractivity contribution is -0.135. The highest BCUT2D eigenvalue weighted by atomic mass is 35.5. The fraction of sp³-hybridized carbons (Fsp3) is 0.312. The summed E-state index contributed by atoms with van der Waals surface area (Å²) < 4.78 is 0. The maximum Gasteiger partial charge on any atom is 0.294 e. The van der Waals surface area contributed by atoms with Gasteiger partial charge in [-0.1, -0.05) is 29.8 Å². The Kier molecular flexibility index (Phi) is 4.73. The van der Waals surface area contributed by atoms with Crippen LogP contribution in [0.1, 0.15) is 18.4 Å². The van der Waals surface area contributed by atoms with E-state index in [1.165, 1.54) is 0 Å². The van der Waals surface area contributed by atoms with Crippen molar-refractivity contribution in [3.05, 3.63) is 39.8 Å². The third-order valence-corrected chi connectivity index (χ3v) is 5.07. The summed E-state index contributed by atoms with van der Waals surface area (Å²) in [6.45, 7) is 1.21. The SMILES string of the molecule is O=C(CN1C(=O)S/C(=C/c2ccccc2Cl)C1=O)N1CCCC1. The van der Waals surface area contributed by atoms with E-state index in [1.807, 2.05) is 0 Å². The minimum Gasteiger partial charge on any atom is -0.341 e. The van der Waals surface area contributed by atoms with Gasteiger partial charge in [0.25, 0.3) is 11.1 Å². The monoisotopic (exact) mass is 350 g/mol. The molecule has 0 spiro atoms. The highest BCUT2D eigenvalue weighted by Crippen LogP contribution is 2.33. The van der Waals surface area contributed by atoms with Gasteiger partial charge in [0.05, 0.1) is 4.91 Å². The summed E-state index contributed by atoms with van der Waals surface area (Å²) in [5.41, 5.74) is 0.672. The molecule has 2 aliphatic heterocycles. The largest absolute Gasteiger partial charge is 0.341 e. The Labute approximate surface area is 143 Å². The van der Waals surface area contributed by atoms with E-state index in [1.54, 1.807) is 35.2 Å². The molecule has 0 radical (unpaired) electrons. The number of benzene rings is 1. The van der Waals surface area contributed by atoms with Crippen molar-refractivity contribution < 1.29 is 14.4 Å². The van der Waals surface area contributed by atoms with Crippen LogP contribution in [0.5, 0.6) is 0 Å². The zero-order chi connectivity index (χ0) is 16.4. The lowest BCUT2D eigenvalue weighted by atomic mass is 10.2. The second-order valence-corrected chi connectivity index (χ2v) is 6.78. The number of thioether (sulfide) groups is 1. The van der Waals surface area contributed by atoms with E-state index >= 15 is 0 Å². The summed E-state index contributed by atoms with van der Waals surface area (Å²) in [5, 5.41) is 0.0910. The molecule has 0 bridgehead atoms. The van der Waals surface area contributed by atoms with Crippen LogP contribution in [0.15, 0.2) is 29.2 Å². The van der Waals surface area contributed by atoms with Crippen LogP contribution in [0.25, 0.3) is 6.08 Å². The number of hydrogen-bond donors (Lipinski definition) is 0. The van der Waals surface area contributed by atoms with E-state index in [-0.39, 0.29) is 17.4 Å². The number of carbonyl (C=O) groups excluding carboxylic acids is 3. The summed E-state index contributed by atoms with van der Waals surface area (Å²) in [7, 11) is 0. The summed E-state index contributed by atoms with van der Waals surface area (Å²) in [4.78, 5) is 39.6. The predicted octanol–water partition coefficient (Wildman–Crippen LogP) is 3.00. The topological polar surface area (TPSA) is 57.7 Å². The number of rotatable bonds is 3. The molecule has 0 aromatic heterocycles. The fourth-order valence-corrected chi connectivity index (χ4v) is 3.59. The number of imide groups is 1. The van der Waals surface area contributed by atoms with Crippen LogP contribution < -0.4 is 0 Å². The number of hydrogen-bond acceptors (Lipinski definition) is 4. The van der Waals surface area contributed by atoms with Crippen molar-refractivity contribution in [1.82, 2.24) is 9.80 Å². The first-order valence-corrected chi connectivity index (χ1v) is 8.53. The van der Waals surface area contributed by atoms with E-state index in [0.29, 0.717) is 23.7 Å². The Morgan fingerprint density at radius 3 is 2.61 bits per heavy atom. The minimum atomic E-state index is -0.438. The molecule has 2 aliphatic rings. The molecule has 1 aromatic rings. The van der Waals surface area contributed by atoms with Gasteiger partial charge in [0.2, 0.25) is 5.91 Å². The van der Waals surface area contributed by atoms with Crippen molar-refractivity contribution in [2.75, 3.05) is 19.6 Å². The summed E-state index contributed by atoms with van der Waals surface area (Å²) in [6, 6.07) is 7.08. The first-order chi connectivity index (χ1) is 11.1. The fourth-order valence-electron chi connectivity index (χ4n) is 2.57. The standard InChI is InChI=1S/C16H15ClN2O3S/c17-12-6-2-1-5-11(12)9-13-15(21)19(16(22)23-13)10-14(20)18-7-3-4-8-18/h1-2,5-6,9H,3-4,7-8,10H2/b13-9+. The van der Waals surface area contributed by atoms with Gasteiger partial charge in [0.1, 0.15) is 6.54 Å². The van der Waals surface area contributed by atoms with Crippen LogP contribution in [-0.2, 0) is 9.59 Å². The third-order valence-electron chi connectivity index (χ3n) is 3.82. The van der Waals surface area contributed by atoms with Gasteiger partial charge >= 0.3 is 0 Å². The molecule has 5 nitrogen and oxygen atoms in total. The molecule has 0 atom stereocenters. The molecule has 2 heterocycles. The van der Waals surface area contributed by atoms with Crippen molar-refractivity contribution in [1.29, 1.82) is 0 Å². The van der Waals surface area contributed by atoms with Crippen molar-refractivity contribution in [3.8, 4) is 0 Å². The maximum atomic E-state index is 12.4. The van der Waals surface area contributed by atoms with Gasteiger partial charge in [-0.15, -0.1) is 0 Å². The molecule has 23 heavy (non-hydrogen) atoms. The molecule has 3 amide bonds. The van der Waals surface area contributed by atoms with Gasteiger partial charge in [0, 0.05) is 18.1 Å². The Morgan fingerprint density at radius 2 is 1.91 bits per heavy atom. The second-order valence-electron chi connectivity index (χ2n) is 5.38. The number of nitrogens with zero attached hydrogens (tertiary/aromatic N) is 2. The van der Waals surface area contributed by atoms with Crippen molar-refractivity contribution in [3.63, 3.8) is 0 Å². The highest BCUT2D eigenvalue weighted by molar-refractivity contribution is 8.18. The van der Waals surface area contributed by atoms with E-state index in [9.17, 15) is 14.4 Å².